The van der Waals surface area contributed by atoms with Crippen LogP contribution in [0.1, 0.15) is 31.2 Å². The molecule has 3 N–H and O–H groups in total. The van der Waals surface area contributed by atoms with Crippen LogP contribution in [0.4, 0.5) is 8.78 Å². The molecule has 1 amide bonds. The van der Waals surface area contributed by atoms with E-state index < -0.39 is 11.6 Å². The van der Waals surface area contributed by atoms with Crippen molar-refractivity contribution in [2.75, 3.05) is 6.54 Å². The molecule has 118 valence electrons. The number of carbonyl (C=O) groups excluding carboxylic acids is 1. The zero-order chi connectivity index (χ0) is 14.5. The predicted molar refractivity (Wildman–Crippen MR) is 80.3 cm³/mol. The topological polar surface area (TPSA) is 55.1 Å². The number of carbonyl (C=O) groups is 1. The number of amides is 1. The van der Waals surface area contributed by atoms with Crippen molar-refractivity contribution >= 4 is 18.3 Å². The summed E-state index contributed by atoms with van der Waals surface area (Å²) in [7, 11) is 0. The SMILES string of the molecule is Cl.NC(CNC(=O)CCCc1ccc(F)c(F)c1)C1CC1. The van der Waals surface area contributed by atoms with Crippen LogP contribution in [0.3, 0.4) is 0 Å². The van der Waals surface area contributed by atoms with Gasteiger partial charge in [0.25, 0.3) is 0 Å². The van der Waals surface area contributed by atoms with E-state index in [0.29, 0.717) is 37.3 Å². The molecule has 21 heavy (non-hydrogen) atoms. The van der Waals surface area contributed by atoms with Crippen molar-refractivity contribution in [2.24, 2.45) is 11.7 Å². The number of benzene rings is 1. The van der Waals surface area contributed by atoms with E-state index in [0.717, 1.165) is 18.9 Å². The quantitative estimate of drug-likeness (QED) is 0.812. The largest absolute Gasteiger partial charge is 0.355 e. The fourth-order valence-corrected chi connectivity index (χ4v) is 2.16. The van der Waals surface area contributed by atoms with E-state index >= 15 is 0 Å². The van der Waals surface area contributed by atoms with E-state index in [1.807, 2.05) is 0 Å². The second-order valence-corrected chi connectivity index (χ2v) is 5.41. The molecule has 1 unspecified atom stereocenters. The van der Waals surface area contributed by atoms with Gasteiger partial charge in [-0.3, -0.25) is 4.79 Å². The minimum Gasteiger partial charge on any atom is -0.355 e. The maximum Gasteiger partial charge on any atom is 0.220 e. The average molecular weight is 319 g/mol. The summed E-state index contributed by atoms with van der Waals surface area (Å²) in [6.45, 7) is 0.522. The van der Waals surface area contributed by atoms with Crippen molar-refractivity contribution in [2.45, 2.75) is 38.1 Å². The van der Waals surface area contributed by atoms with Crippen molar-refractivity contribution in [3.63, 3.8) is 0 Å². The van der Waals surface area contributed by atoms with Crippen LogP contribution in [-0.2, 0) is 11.2 Å². The van der Waals surface area contributed by atoms with Gasteiger partial charge >= 0.3 is 0 Å². The summed E-state index contributed by atoms with van der Waals surface area (Å²) in [6.07, 6.45) is 3.85. The molecule has 3 nitrogen and oxygen atoms in total. The molecular formula is C15H21ClF2N2O. The zero-order valence-electron chi connectivity index (χ0n) is 11.8. The Kier molecular flexibility index (Phi) is 7.05. The van der Waals surface area contributed by atoms with Crippen LogP contribution >= 0.6 is 12.4 Å². The Morgan fingerprint density at radius 2 is 2.05 bits per heavy atom. The first-order valence-corrected chi connectivity index (χ1v) is 7.02. The van der Waals surface area contributed by atoms with E-state index in [1.165, 1.54) is 6.07 Å². The fourth-order valence-electron chi connectivity index (χ4n) is 2.16. The van der Waals surface area contributed by atoms with Crippen LogP contribution in [0.5, 0.6) is 0 Å². The summed E-state index contributed by atoms with van der Waals surface area (Å²) in [5, 5.41) is 2.81. The molecule has 0 spiro atoms. The third kappa shape index (κ3) is 5.98. The minimum atomic E-state index is -0.847. The van der Waals surface area contributed by atoms with Crippen molar-refractivity contribution in [1.82, 2.24) is 5.32 Å². The molecule has 1 aromatic rings. The van der Waals surface area contributed by atoms with Gasteiger partial charge in [0.1, 0.15) is 0 Å². The van der Waals surface area contributed by atoms with Crippen LogP contribution in [0, 0.1) is 17.6 Å². The average Bonchev–Trinajstić information content (AvgIpc) is 3.24. The monoisotopic (exact) mass is 318 g/mol. The zero-order valence-corrected chi connectivity index (χ0v) is 12.6. The van der Waals surface area contributed by atoms with Crippen LogP contribution in [-0.4, -0.2) is 18.5 Å². The number of nitrogens with two attached hydrogens (primary N) is 1. The lowest BCUT2D eigenvalue weighted by Crippen LogP contribution is -2.38. The molecule has 1 aliphatic carbocycles. The standard InChI is InChI=1S/C15H20F2N2O.ClH/c16-12-7-4-10(8-13(12)17)2-1-3-15(20)19-9-14(18)11-5-6-11;/h4,7-8,11,14H,1-3,5-6,9,18H2,(H,19,20);1H. The number of nitrogens with one attached hydrogen (secondary N) is 1. The molecule has 1 aliphatic rings. The highest BCUT2D eigenvalue weighted by atomic mass is 35.5. The first kappa shape index (κ1) is 17.9. The summed E-state index contributed by atoms with van der Waals surface area (Å²) in [5.74, 6) is -1.16. The van der Waals surface area contributed by atoms with Gasteiger partial charge in [0.2, 0.25) is 5.91 Å². The first-order valence-electron chi connectivity index (χ1n) is 7.02. The molecule has 1 atom stereocenters. The Balaban J connectivity index is 0.00000220. The maximum absolute atomic E-state index is 13.0. The van der Waals surface area contributed by atoms with Gasteiger partial charge in [-0.25, -0.2) is 8.78 Å². The van der Waals surface area contributed by atoms with Gasteiger partial charge in [0.05, 0.1) is 0 Å². The van der Waals surface area contributed by atoms with E-state index in [9.17, 15) is 13.6 Å². The van der Waals surface area contributed by atoms with Crippen LogP contribution in [0.15, 0.2) is 18.2 Å². The van der Waals surface area contributed by atoms with Crippen molar-refractivity contribution < 1.29 is 13.6 Å². The van der Waals surface area contributed by atoms with Crippen LogP contribution in [0.2, 0.25) is 0 Å². The van der Waals surface area contributed by atoms with Gasteiger partial charge in [-0.05, 0) is 49.3 Å². The van der Waals surface area contributed by atoms with E-state index in [-0.39, 0.29) is 24.4 Å². The summed E-state index contributed by atoms with van der Waals surface area (Å²) < 4.78 is 25.7. The molecule has 0 aliphatic heterocycles. The number of rotatable bonds is 7. The normalized spacial score (nSPS) is 15.2. The van der Waals surface area contributed by atoms with Crippen molar-refractivity contribution in [1.29, 1.82) is 0 Å². The molecule has 0 aromatic heterocycles. The Hall–Kier alpha value is -1.20. The summed E-state index contributed by atoms with van der Waals surface area (Å²) in [5.41, 5.74) is 6.59. The van der Waals surface area contributed by atoms with E-state index in [4.69, 9.17) is 5.73 Å². The van der Waals surface area contributed by atoms with Gasteiger partial charge in [-0.1, -0.05) is 6.07 Å². The molecule has 0 saturated heterocycles. The molecule has 0 radical (unpaired) electrons. The Bertz CT molecular complexity index is 481. The van der Waals surface area contributed by atoms with E-state index in [2.05, 4.69) is 5.32 Å². The van der Waals surface area contributed by atoms with Crippen molar-refractivity contribution in [3.05, 3.63) is 35.4 Å². The third-order valence-electron chi connectivity index (χ3n) is 3.62. The molecule has 0 heterocycles. The smallest absolute Gasteiger partial charge is 0.220 e. The number of hydrogen-bond acceptors (Lipinski definition) is 2. The van der Waals surface area contributed by atoms with Gasteiger partial charge in [-0.15, -0.1) is 12.4 Å². The minimum absolute atomic E-state index is 0. The van der Waals surface area contributed by atoms with Crippen molar-refractivity contribution in [3.8, 4) is 0 Å². The van der Waals surface area contributed by atoms with Gasteiger partial charge < -0.3 is 11.1 Å². The molecule has 6 heteroatoms. The Labute approximate surface area is 129 Å². The van der Waals surface area contributed by atoms with Crippen LogP contribution < -0.4 is 11.1 Å². The lowest BCUT2D eigenvalue weighted by molar-refractivity contribution is -0.121. The summed E-state index contributed by atoms with van der Waals surface area (Å²) in [6, 6.07) is 3.89. The predicted octanol–water partition coefficient (Wildman–Crippen LogP) is 2.56. The molecule has 0 bridgehead atoms. The highest BCUT2D eigenvalue weighted by molar-refractivity contribution is 5.85. The van der Waals surface area contributed by atoms with Gasteiger partial charge in [0.15, 0.2) is 11.6 Å². The summed E-state index contributed by atoms with van der Waals surface area (Å²) in [4.78, 5) is 11.6. The Morgan fingerprint density at radius 1 is 1.33 bits per heavy atom. The van der Waals surface area contributed by atoms with Gasteiger partial charge in [-0.2, -0.15) is 0 Å². The molecular weight excluding hydrogens is 298 g/mol. The molecule has 2 rings (SSSR count). The molecule has 1 fully saturated rings. The first-order chi connectivity index (χ1) is 9.56. The Morgan fingerprint density at radius 3 is 2.67 bits per heavy atom. The number of hydrogen-bond donors (Lipinski definition) is 2. The third-order valence-corrected chi connectivity index (χ3v) is 3.62. The lowest BCUT2D eigenvalue weighted by atomic mass is 10.1. The second kappa shape index (κ2) is 8.29. The highest BCUT2D eigenvalue weighted by Gasteiger charge is 2.28. The highest BCUT2D eigenvalue weighted by Crippen LogP contribution is 2.31. The summed E-state index contributed by atoms with van der Waals surface area (Å²) >= 11 is 0. The van der Waals surface area contributed by atoms with E-state index in [1.54, 1.807) is 6.07 Å². The molecule has 1 saturated carbocycles. The second-order valence-electron chi connectivity index (χ2n) is 5.41. The van der Waals surface area contributed by atoms with Crippen LogP contribution in [0.25, 0.3) is 0 Å². The fraction of sp³-hybridized carbons (Fsp3) is 0.533. The number of aryl methyl sites for hydroxylation is 1. The lowest BCUT2D eigenvalue weighted by Gasteiger charge is -2.11. The van der Waals surface area contributed by atoms with Gasteiger partial charge in [0, 0.05) is 19.0 Å². The molecule has 1 aromatic carbocycles. The number of halogens is 3. The maximum atomic E-state index is 13.0.